The Morgan fingerprint density at radius 1 is 1.42 bits per heavy atom. The highest BCUT2D eigenvalue weighted by molar-refractivity contribution is 5.76. The Morgan fingerprint density at radius 3 is 2.95 bits per heavy atom. The molecule has 4 nitrogen and oxygen atoms in total. The van der Waals surface area contributed by atoms with E-state index in [1.807, 2.05) is 20.4 Å². The molecule has 0 atom stereocenters. The third kappa shape index (κ3) is 2.15. The first-order valence-electron chi connectivity index (χ1n) is 6.89. The van der Waals surface area contributed by atoms with Gasteiger partial charge in [-0.2, -0.15) is 0 Å². The Morgan fingerprint density at radius 2 is 2.26 bits per heavy atom. The monoisotopic (exact) mass is 259 g/mol. The Kier molecular flexibility index (Phi) is 3.29. The topological polar surface area (TPSA) is 39.1 Å². The molecule has 0 aliphatic carbocycles. The number of nitrogens with zero attached hydrogens (tertiary/aromatic N) is 2. The lowest BCUT2D eigenvalue weighted by Gasteiger charge is -2.42. The first kappa shape index (κ1) is 12.6. The Balaban J connectivity index is 1.88. The summed E-state index contributed by atoms with van der Waals surface area (Å²) in [5.41, 5.74) is 3.86. The van der Waals surface area contributed by atoms with Gasteiger partial charge in [-0.05, 0) is 44.1 Å². The number of hydrogen-bond donors (Lipinski definition) is 1. The van der Waals surface area contributed by atoms with Gasteiger partial charge in [-0.3, -0.25) is 0 Å². The second kappa shape index (κ2) is 4.94. The van der Waals surface area contributed by atoms with Gasteiger partial charge >= 0.3 is 0 Å². The van der Waals surface area contributed by atoms with Crippen LogP contribution in [-0.2, 0) is 17.2 Å². The van der Waals surface area contributed by atoms with Gasteiger partial charge in [0, 0.05) is 12.5 Å². The molecule has 2 aromatic rings. The summed E-state index contributed by atoms with van der Waals surface area (Å²) in [7, 11) is 4.04. The Hall–Kier alpha value is -1.39. The van der Waals surface area contributed by atoms with Crippen LogP contribution in [0.15, 0.2) is 24.5 Å². The number of rotatable bonds is 5. The average molecular weight is 259 g/mol. The van der Waals surface area contributed by atoms with Crippen molar-refractivity contribution in [3.8, 4) is 0 Å². The summed E-state index contributed by atoms with van der Waals surface area (Å²) in [6.07, 6.45) is 4.23. The maximum Gasteiger partial charge on any atom is 0.0955 e. The zero-order valence-corrected chi connectivity index (χ0v) is 11.6. The van der Waals surface area contributed by atoms with E-state index in [0.29, 0.717) is 0 Å². The minimum atomic E-state index is 0.211. The zero-order valence-electron chi connectivity index (χ0n) is 11.6. The average Bonchev–Trinajstić information content (AvgIpc) is 2.74. The van der Waals surface area contributed by atoms with Crippen molar-refractivity contribution < 1.29 is 4.74 Å². The molecule has 0 radical (unpaired) electrons. The number of fused-ring (bicyclic) bond motifs is 1. The van der Waals surface area contributed by atoms with Crippen LogP contribution in [0.2, 0.25) is 0 Å². The summed E-state index contributed by atoms with van der Waals surface area (Å²) in [5.74, 6) is 0. The molecule has 102 valence electrons. The van der Waals surface area contributed by atoms with Gasteiger partial charge in [0.05, 0.1) is 30.6 Å². The van der Waals surface area contributed by atoms with Crippen molar-refractivity contribution in [1.29, 1.82) is 0 Å². The zero-order chi connectivity index (χ0) is 13.3. The van der Waals surface area contributed by atoms with Crippen LogP contribution in [0.4, 0.5) is 0 Å². The van der Waals surface area contributed by atoms with Crippen LogP contribution in [0, 0.1) is 0 Å². The van der Waals surface area contributed by atoms with Crippen molar-refractivity contribution in [2.45, 2.75) is 18.3 Å². The molecule has 1 N–H and O–H groups in total. The van der Waals surface area contributed by atoms with Crippen molar-refractivity contribution >= 4 is 11.0 Å². The van der Waals surface area contributed by atoms with Crippen molar-refractivity contribution in [2.75, 3.05) is 26.8 Å². The SMILES string of the molecule is CNCCCC1(c2ccc3c(c2)ncn3C)COC1. The molecule has 1 aromatic carbocycles. The van der Waals surface area contributed by atoms with Gasteiger partial charge in [-0.1, -0.05) is 6.07 Å². The van der Waals surface area contributed by atoms with E-state index in [1.54, 1.807) is 0 Å². The predicted octanol–water partition coefficient (Wildman–Crippen LogP) is 1.84. The largest absolute Gasteiger partial charge is 0.379 e. The quantitative estimate of drug-likeness (QED) is 0.833. The van der Waals surface area contributed by atoms with Gasteiger partial charge < -0.3 is 14.6 Å². The highest BCUT2D eigenvalue weighted by Crippen LogP contribution is 2.37. The lowest BCUT2D eigenvalue weighted by atomic mass is 9.75. The van der Waals surface area contributed by atoms with Gasteiger partial charge in [0.25, 0.3) is 0 Å². The van der Waals surface area contributed by atoms with Crippen LogP contribution in [0.25, 0.3) is 11.0 Å². The highest BCUT2D eigenvalue weighted by atomic mass is 16.5. The second-order valence-electron chi connectivity index (χ2n) is 5.54. The summed E-state index contributed by atoms with van der Waals surface area (Å²) in [5, 5.41) is 3.22. The smallest absolute Gasteiger partial charge is 0.0955 e. The molecule has 19 heavy (non-hydrogen) atoms. The molecule has 2 heterocycles. The minimum Gasteiger partial charge on any atom is -0.379 e. The molecule has 3 rings (SSSR count). The van der Waals surface area contributed by atoms with E-state index >= 15 is 0 Å². The molecular weight excluding hydrogens is 238 g/mol. The van der Waals surface area contributed by atoms with E-state index in [0.717, 1.165) is 25.3 Å². The maximum atomic E-state index is 5.49. The maximum absolute atomic E-state index is 5.49. The summed E-state index contributed by atoms with van der Waals surface area (Å²) in [6, 6.07) is 6.65. The standard InChI is InChI=1S/C15H21N3O/c1-16-7-3-6-15(9-19-10-15)12-4-5-14-13(8-12)17-11-18(14)2/h4-5,8,11,16H,3,6-7,9-10H2,1-2H3. The molecular formula is C15H21N3O. The number of aryl methyl sites for hydroxylation is 1. The number of nitrogens with one attached hydrogen (secondary N) is 1. The van der Waals surface area contributed by atoms with E-state index in [-0.39, 0.29) is 5.41 Å². The second-order valence-corrected chi connectivity index (χ2v) is 5.54. The van der Waals surface area contributed by atoms with Gasteiger partial charge in [0.2, 0.25) is 0 Å². The number of benzene rings is 1. The van der Waals surface area contributed by atoms with Crippen LogP contribution in [0.1, 0.15) is 18.4 Å². The minimum absolute atomic E-state index is 0.211. The molecule has 0 spiro atoms. The molecule has 4 heteroatoms. The van der Waals surface area contributed by atoms with Gasteiger partial charge in [-0.15, -0.1) is 0 Å². The van der Waals surface area contributed by atoms with E-state index in [9.17, 15) is 0 Å². The highest BCUT2D eigenvalue weighted by Gasteiger charge is 2.39. The molecule has 0 amide bonds. The van der Waals surface area contributed by atoms with Gasteiger partial charge in [0.1, 0.15) is 0 Å². The molecule has 1 aliphatic rings. The molecule has 0 bridgehead atoms. The van der Waals surface area contributed by atoms with E-state index in [1.165, 1.54) is 23.9 Å². The number of ether oxygens (including phenoxy) is 1. The van der Waals surface area contributed by atoms with Gasteiger partial charge in [-0.25, -0.2) is 4.98 Å². The third-order valence-corrected chi connectivity index (χ3v) is 4.18. The summed E-state index contributed by atoms with van der Waals surface area (Å²) in [4.78, 5) is 4.46. The van der Waals surface area contributed by atoms with Crippen LogP contribution >= 0.6 is 0 Å². The molecule has 0 saturated carbocycles. The number of aromatic nitrogens is 2. The van der Waals surface area contributed by atoms with E-state index in [2.05, 4.69) is 33.1 Å². The molecule has 1 fully saturated rings. The van der Waals surface area contributed by atoms with Crippen LogP contribution < -0.4 is 5.32 Å². The van der Waals surface area contributed by atoms with Crippen LogP contribution in [0.5, 0.6) is 0 Å². The van der Waals surface area contributed by atoms with Crippen molar-refractivity contribution in [2.24, 2.45) is 7.05 Å². The van der Waals surface area contributed by atoms with Crippen LogP contribution in [0.3, 0.4) is 0 Å². The van der Waals surface area contributed by atoms with Crippen molar-refractivity contribution in [3.05, 3.63) is 30.1 Å². The molecule has 0 unspecified atom stereocenters. The lowest BCUT2D eigenvalue weighted by molar-refractivity contribution is -0.0650. The lowest BCUT2D eigenvalue weighted by Crippen LogP contribution is -2.47. The van der Waals surface area contributed by atoms with E-state index < -0.39 is 0 Å². The van der Waals surface area contributed by atoms with Crippen LogP contribution in [-0.4, -0.2) is 36.4 Å². The van der Waals surface area contributed by atoms with Gasteiger partial charge in [0.15, 0.2) is 0 Å². The fourth-order valence-electron chi connectivity index (χ4n) is 2.87. The number of hydrogen-bond acceptors (Lipinski definition) is 3. The molecule has 1 aliphatic heterocycles. The van der Waals surface area contributed by atoms with Crippen molar-refractivity contribution in [1.82, 2.24) is 14.9 Å². The third-order valence-electron chi connectivity index (χ3n) is 4.18. The Bertz CT molecular complexity index is 572. The Labute approximate surface area is 113 Å². The first-order valence-corrected chi connectivity index (χ1v) is 6.89. The fraction of sp³-hybridized carbons (Fsp3) is 0.533. The van der Waals surface area contributed by atoms with Crippen molar-refractivity contribution in [3.63, 3.8) is 0 Å². The molecule has 1 aromatic heterocycles. The first-order chi connectivity index (χ1) is 9.25. The fourth-order valence-corrected chi connectivity index (χ4v) is 2.87. The summed E-state index contributed by atoms with van der Waals surface area (Å²) in [6.45, 7) is 2.75. The van der Waals surface area contributed by atoms with E-state index in [4.69, 9.17) is 4.74 Å². The summed E-state index contributed by atoms with van der Waals surface area (Å²) >= 11 is 0. The summed E-state index contributed by atoms with van der Waals surface area (Å²) < 4.78 is 7.55. The predicted molar refractivity (Wildman–Crippen MR) is 76.4 cm³/mol. The number of imidazole rings is 1. The molecule has 1 saturated heterocycles. The normalized spacial score (nSPS) is 17.6.